The Kier molecular flexibility index (Phi) is 4.31. The Bertz CT molecular complexity index is 347. The maximum Gasteiger partial charge on any atom is 0.511 e. The van der Waals surface area contributed by atoms with Crippen LogP contribution in [0.1, 0.15) is 24.4 Å². The van der Waals surface area contributed by atoms with Gasteiger partial charge in [-0.1, -0.05) is 0 Å². The monoisotopic (exact) mass is 229 g/mol. The second kappa shape index (κ2) is 5.74. The molecule has 0 amide bonds. The third-order valence-corrected chi connectivity index (χ3v) is 1.43. The molecule has 88 valence electrons. The molecule has 1 aromatic heterocycles. The predicted molar refractivity (Wildman–Crippen MR) is 49.5 cm³/mol. The van der Waals surface area contributed by atoms with Crippen LogP contribution in [0.15, 0.2) is 17.0 Å². The van der Waals surface area contributed by atoms with E-state index in [1.165, 1.54) is 13.1 Å². The summed E-state index contributed by atoms with van der Waals surface area (Å²) in [7, 11) is 0. The molecule has 0 spiro atoms. The highest BCUT2D eigenvalue weighted by atomic mass is 16.8. The van der Waals surface area contributed by atoms with Crippen molar-refractivity contribution in [2.75, 3.05) is 6.61 Å². The molecule has 0 radical (unpaired) electrons. The number of rotatable bonds is 4. The van der Waals surface area contributed by atoms with Gasteiger partial charge in [0.25, 0.3) is 0 Å². The van der Waals surface area contributed by atoms with Crippen molar-refractivity contribution in [2.45, 2.75) is 20.1 Å². The first kappa shape index (κ1) is 12.0. The molecule has 16 heavy (non-hydrogen) atoms. The molecule has 0 fully saturated rings. The molecule has 0 N–H and O–H groups in total. The highest BCUT2D eigenvalue weighted by Crippen LogP contribution is 2.04. The lowest BCUT2D eigenvalue weighted by Crippen LogP contribution is -2.22. The molecule has 1 atom stereocenters. The van der Waals surface area contributed by atoms with E-state index in [9.17, 15) is 9.59 Å². The Morgan fingerprint density at radius 3 is 2.81 bits per heavy atom. The van der Waals surface area contributed by atoms with Gasteiger partial charge in [-0.2, -0.15) is 0 Å². The molecule has 0 aliphatic carbocycles. The van der Waals surface area contributed by atoms with Crippen LogP contribution in [0.3, 0.4) is 0 Å². The van der Waals surface area contributed by atoms with E-state index >= 15 is 0 Å². The summed E-state index contributed by atoms with van der Waals surface area (Å²) in [6.45, 7) is 3.19. The van der Waals surface area contributed by atoms with Crippen LogP contribution in [0, 0.1) is 0 Å². The van der Waals surface area contributed by atoms with Crippen molar-refractivity contribution in [2.24, 2.45) is 0 Å². The molecule has 1 heterocycles. The fourth-order valence-electron chi connectivity index (χ4n) is 0.837. The minimum absolute atomic E-state index is 0.0701. The number of oxazole rings is 1. The minimum Gasteiger partial charge on any atom is -0.436 e. The van der Waals surface area contributed by atoms with Gasteiger partial charge in [-0.05, 0) is 6.92 Å². The number of hydrogen-bond acceptors (Lipinski definition) is 7. The van der Waals surface area contributed by atoms with Crippen LogP contribution in [0.25, 0.3) is 0 Å². The van der Waals surface area contributed by atoms with E-state index < -0.39 is 18.4 Å². The first-order valence-electron chi connectivity index (χ1n) is 4.56. The molecular weight excluding hydrogens is 218 g/mol. The van der Waals surface area contributed by atoms with Gasteiger partial charge in [0, 0.05) is 6.92 Å². The molecule has 1 aromatic rings. The molecule has 0 aliphatic rings. The first-order chi connectivity index (χ1) is 7.63. The van der Waals surface area contributed by atoms with Crippen molar-refractivity contribution in [3.63, 3.8) is 0 Å². The van der Waals surface area contributed by atoms with Gasteiger partial charge in [-0.25, -0.2) is 14.6 Å². The average molecular weight is 229 g/mol. The Balaban J connectivity index is 2.37. The summed E-state index contributed by atoms with van der Waals surface area (Å²) < 4.78 is 18.5. The first-order valence-corrected chi connectivity index (χ1v) is 4.56. The van der Waals surface area contributed by atoms with Crippen LogP contribution in [-0.4, -0.2) is 30.0 Å². The topological polar surface area (TPSA) is 87.9 Å². The summed E-state index contributed by atoms with van der Waals surface area (Å²) in [5.41, 5.74) is 0. The van der Waals surface area contributed by atoms with Crippen LogP contribution < -0.4 is 0 Å². The summed E-state index contributed by atoms with van der Waals surface area (Å²) in [5, 5.41) is 0. The average Bonchev–Trinajstić information content (AvgIpc) is 2.69. The number of carbonyl (C=O) groups excluding carboxylic acids is 2. The van der Waals surface area contributed by atoms with E-state index in [1.807, 2.05) is 0 Å². The SMILES string of the molecule is CCOC(=O)O[C@H](C)OC(=O)c1cnco1. The van der Waals surface area contributed by atoms with Crippen molar-refractivity contribution in [3.05, 3.63) is 18.4 Å². The van der Waals surface area contributed by atoms with Gasteiger partial charge >= 0.3 is 12.1 Å². The van der Waals surface area contributed by atoms with Gasteiger partial charge in [-0.15, -0.1) is 0 Å². The van der Waals surface area contributed by atoms with Gasteiger partial charge in [0.2, 0.25) is 12.1 Å². The zero-order valence-electron chi connectivity index (χ0n) is 8.84. The van der Waals surface area contributed by atoms with E-state index in [1.54, 1.807) is 6.92 Å². The number of ether oxygens (including phenoxy) is 3. The lowest BCUT2D eigenvalue weighted by atomic mass is 10.5. The van der Waals surface area contributed by atoms with E-state index in [2.05, 4.69) is 14.5 Å². The summed E-state index contributed by atoms with van der Waals surface area (Å²) >= 11 is 0. The van der Waals surface area contributed by atoms with Gasteiger partial charge in [-0.3, -0.25) is 0 Å². The van der Waals surface area contributed by atoms with Crippen LogP contribution >= 0.6 is 0 Å². The second-order valence-corrected chi connectivity index (χ2v) is 2.64. The fraction of sp³-hybridized carbons (Fsp3) is 0.444. The minimum atomic E-state index is -1.06. The third kappa shape index (κ3) is 3.60. The molecule has 0 saturated heterocycles. The van der Waals surface area contributed by atoms with E-state index in [-0.39, 0.29) is 12.4 Å². The smallest absolute Gasteiger partial charge is 0.436 e. The normalized spacial score (nSPS) is 11.6. The van der Waals surface area contributed by atoms with Crippen LogP contribution in [0.5, 0.6) is 0 Å². The number of esters is 1. The lowest BCUT2D eigenvalue weighted by Gasteiger charge is -2.12. The molecule has 7 nitrogen and oxygen atoms in total. The van der Waals surface area contributed by atoms with Gasteiger partial charge < -0.3 is 18.6 Å². The van der Waals surface area contributed by atoms with Crippen molar-refractivity contribution in [3.8, 4) is 0 Å². The quantitative estimate of drug-likeness (QED) is 0.568. The van der Waals surface area contributed by atoms with Crippen molar-refractivity contribution >= 4 is 12.1 Å². The Labute approximate surface area is 91.3 Å². The Morgan fingerprint density at radius 1 is 1.50 bits per heavy atom. The van der Waals surface area contributed by atoms with Gasteiger partial charge in [0.05, 0.1) is 12.8 Å². The summed E-state index contributed by atoms with van der Waals surface area (Å²) in [6, 6.07) is 0. The van der Waals surface area contributed by atoms with Crippen LogP contribution in [0.4, 0.5) is 4.79 Å². The zero-order valence-corrected chi connectivity index (χ0v) is 8.84. The van der Waals surface area contributed by atoms with E-state index in [4.69, 9.17) is 9.15 Å². The fourth-order valence-corrected chi connectivity index (χ4v) is 0.837. The highest BCUT2D eigenvalue weighted by molar-refractivity contribution is 5.85. The standard InChI is InChI=1S/C9H11NO6/c1-3-13-9(12)16-6(2)15-8(11)7-4-10-5-14-7/h4-6H,3H2,1-2H3/t6-/m1/s1. The lowest BCUT2D eigenvalue weighted by molar-refractivity contribution is -0.0824. The summed E-state index contributed by atoms with van der Waals surface area (Å²) in [4.78, 5) is 25.7. The number of aromatic nitrogens is 1. The van der Waals surface area contributed by atoms with Crippen molar-refractivity contribution in [1.82, 2.24) is 4.98 Å². The Hall–Kier alpha value is -2.05. The molecule has 0 bridgehead atoms. The molecular formula is C9H11NO6. The zero-order chi connectivity index (χ0) is 12.0. The maximum atomic E-state index is 11.3. The highest BCUT2D eigenvalue weighted by Gasteiger charge is 2.18. The number of hydrogen-bond donors (Lipinski definition) is 0. The summed E-state index contributed by atoms with van der Waals surface area (Å²) in [5.74, 6) is -0.839. The van der Waals surface area contributed by atoms with Gasteiger partial charge in [0.15, 0.2) is 6.39 Å². The maximum absolute atomic E-state index is 11.3. The molecule has 0 aliphatic heterocycles. The predicted octanol–water partition coefficient (Wildman–Crippen LogP) is 1.35. The molecule has 1 rings (SSSR count). The van der Waals surface area contributed by atoms with E-state index in [0.717, 1.165) is 6.39 Å². The Morgan fingerprint density at radius 2 is 2.25 bits per heavy atom. The van der Waals surface area contributed by atoms with Crippen LogP contribution in [0.2, 0.25) is 0 Å². The van der Waals surface area contributed by atoms with E-state index in [0.29, 0.717) is 0 Å². The number of carbonyl (C=O) groups is 2. The largest absolute Gasteiger partial charge is 0.511 e. The number of nitrogens with zero attached hydrogens (tertiary/aromatic N) is 1. The molecule has 0 unspecified atom stereocenters. The van der Waals surface area contributed by atoms with Crippen molar-refractivity contribution < 1.29 is 28.2 Å². The molecule has 7 heteroatoms. The van der Waals surface area contributed by atoms with Gasteiger partial charge in [0.1, 0.15) is 0 Å². The third-order valence-electron chi connectivity index (χ3n) is 1.43. The molecule has 0 aromatic carbocycles. The van der Waals surface area contributed by atoms with Crippen LogP contribution in [-0.2, 0) is 14.2 Å². The summed E-state index contributed by atoms with van der Waals surface area (Å²) in [6.07, 6.45) is 0.324. The second-order valence-electron chi connectivity index (χ2n) is 2.64. The molecule has 0 saturated carbocycles. The van der Waals surface area contributed by atoms with Crippen molar-refractivity contribution in [1.29, 1.82) is 0 Å².